The van der Waals surface area contributed by atoms with Gasteiger partial charge in [0.15, 0.2) is 0 Å². The van der Waals surface area contributed by atoms with Gasteiger partial charge >= 0.3 is 0 Å². The minimum atomic E-state index is -0.472. The summed E-state index contributed by atoms with van der Waals surface area (Å²) in [5, 5.41) is 10.3. The highest BCUT2D eigenvalue weighted by Gasteiger charge is 2.27. The van der Waals surface area contributed by atoms with Crippen LogP contribution in [0.1, 0.15) is 37.5 Å². The van der Waals surface area contributed by atoms with E-state index in [0.717, 1.165) is 45.8 Å². The van der Waals surface area contributed by atoms with Gasteiger partial charge in [0.1, 0.15) is 11.9 Å². The van der Waals surface area contributed by atoms with Crippen molar-refractivity contribution in [3.8, 4) is 0 Å². The largest absolute Gasteiger partial charge is 0.467 e. The summed E-state index contributed by atoms with van der Waals surface area (Å²) in [7, 11) is 0. The molecule has 0 bridgehead atoms. The lowest BCUT2D eigenvalue weighted by Crippen LogP contribution is -2.39. The number of nitrogens with zero attached hydrogens (tertiary/aromatic N) is 2. The van der Waals surface area contributed by atoms with Gasteiger partial charge in [0.05, 0.1) is 19.5 Å². The number of likely N-dealkylation sites (tertiary alicyclic amines) is 1. The molecular formula is C17H28N2O3. The molecule has 2 saturated heterocycles. The molecule has 2 aliphatic rings. The average molecular weight is 308 g/mol. The summed E-state index contributed by atoms with van der Waals surface area (Å²) in [5.41, 5.74) is 0. The fraction of sp³-hybridized carbons (Fsp3) is 0.765. The Labute approximate surface area is 132 Å². The number of aliphatic hydroxyl groups is 1. The lowest BCUT2D eigenvalue weighted by Gasteiger charge is -2.29. The average Bonchev–Trinajstić information content (AvgIpc) is 3.20. The standard InChI is InChI=1S/C17H28N2O3/c20-16(17-5-2-11-22-17)14-15-4-1-7-19(15)8-3-6-18-9-12-21-13-10-18/h2,5,11,15-16,20H,1,3-4,6-10,12-14H2. The van der Waals surface area contributed by atoms with Crippen molar-refractivity contribution in [3.63, 3.8) is 0 Å². The Morgan fingerprint density at radius 1 is 1.23 bits per heavy atom. The summed E-state index contributed by atoms with van der Waals surface area (Å²) in [6.45, 7) is 7.35. The van der Waals surface area contributed by atoms with Gasteiger partial charge in [-0.3, -0.25) is 4.90 Å². The van der Waals surface area contributed by atoms with Crippen molar-refractivity contribution in [2.75, 3.05) is 45.9 Å². The number of hydrogen-bond donors (Lipinski definition) is 1. The van der Waals surface area contributed by atoms with E-state index in [4.69, 9.17) is 9.15 Å². The van der Waals surface area contributed by atoms with Crippen LogP contribution in [-0.4, -0.2) is 66.9 Å². The van der Waals surface area contributed by atoms with Crippen molar-refractivity contribution in [1.82, 2.24) is 9.80 Å². The molecule has 0 aromatic carbocycles. The normalized spacial score (nSPS) is 25.6. The number of rotatable bonds is 7. The van der Waals surface area contributed by atoms with Crippen LogP contribution >= 0.6 is 0 Å². The molecule has 2 aliphatic heterocycles. The molecule has 124 valence electrons. The first kappa shape index (κ1) is 16.0. The van der Waals surface area contributed by atoms with E-state index in [1.165, 1.54) is 25.8 Å². The molecule has 2 fully saturated rings. The number of morpholine rings is 1. The van der Waals surface area contributed by atoms with Gasteiger partial charge in [-0.05, 0) is 57.5 Å². The molecule has 0 spiro atoms. The van der Waals surface area contributed by atoms with Crippen molar-refractivity contribution >= 4 is 0 Å². The highest BCUT2D eigenvalue weighted by atomic mass is 16.5. The topological polar surface area (TPSA) is 49.1 Å². The predicted molar refractivity (Wildman–Crippen MR) is 84.8 cm³/mol. The first-order valence-corrected chi connectivity index (χ1v) is 8.58. The first-order chi connectivity index (χ1) is 10.8. The van der Waals surface area contributed by atoms with E-state index in [-0.39, 0.29) is 0 Å². The maximum atomic E-state index is 10.3. The molecule has 0 radical (unpaired) electrons. The molecule has 0 saturated carbocycles. The van der Waals surface area contributed by atoms with Crippen LogP contribution in [0, 0.1) is 0 Å². The second-order valence-electron chi connectivity index (χ2n) is 6.41. The van der Waals surface area contributed by atoms with Crippen LogP contribution in [0.4, 0.5) is 0 Å². The molecule has 5 nitrogen and oxygen atoms in total. The molecule has 22 heavy (non-hydrogen) atoms. The second kappa shape index (κ2) is 8.11. The van der Waals surface area contributed by atoms with Gasteiger partial charge in [-0.2, -0.15) is 0 Å². The molecule has 0 amide bonds. The Hall–Kier alpha value is -0.880. The third kappa shape index (κ3) is 4.32. The Morgan fingerprint density at radius 3 is 2.86 bits per heavy atom. The zero-order valence-electron chi connectivity index (χ0n) is 13.3. The van der Waals surface area contributed by atoms with Crippen molar-refractivity contribution in [2.45, 2.75) is 37.8 Å². The van der Waals surface area contributed by atoms with E-state index < -0.39 is 6.10 Å². The third-order valence-corrected chi connectivity index (χ3v) is 4.89. The number of furan rings is 1. The van der Waals surface area contributed by atoms with Gasteiger partial charge in [0, 0.05) is 19.1 Å². The van der Waals surface area contributed by atoms with Gasteiger partial charge in [-0.15, -0.1) is 0 Å². The van der Waals surface area contributed by atoms with E-state index in [9.17, 15) is 5.11 Å². The zero-order valence-corrected chi connectivity index (χ0v) is 13.3. The molecule has 2 unspecified atom stereocenters. The van der Waals surface area contributed by atoms with Crippen molar-refractivity contribution < 1.29 is 14.3 Å². The van der Waals surface area contributed by atoms with Crippen LogP contribution in [0.5, 0.6) is 0 Å². The Balaban J connectivity index is 1.40. The van der Waals surface area contributed by atoms with Gasteiger partial charge in [0.25, 0.3) is 0 Å². The van der Waals surface area contributed by atoms with E-state index in [0.29, 0.717) is 11.8 Å². The monoisotopic (exact) mass is 308 g/mol. The summed E-state index contributed by atoms with van der Waals surface area (Å²) in [4.78, 5) is 5.04. The Bertz CT molecular complexity index is 418. The van der Waals surface area contributed by atoms with Gasteiger partial charge in [0.2, 0.25) is 0 Å². The molecular weight excluding hydrogens is 280 g/mol. The maximum absolute atomic E-state index is 10.3. The van der Waals surface area contributed by atoms with Crippen LogP contribution in [0.2, 0.25) is 0 Å². The maximum Gasteiger partial charge on any atom is 0.132 e. The SMILES string of the molecule is OC(CC1CCCN1CCCN1CCOCC1)c1ccco1. The molecule has 1 aromatic rings. The summed E-state index contributed by atoms with van der Waals surface area (Å²) in [6.07, 6.45) is 5.58. The van der Waals surface area contributed by atoms with E-state index >= 15 is 0 Å². The summed E-state index contributed by atoms with van der Waals surface area (Å²) in [5.74, 6) is 0.695. The molecule has 1 N–H and O–H groups in total. The zero-order chi connectivity index (χ0) is 15.2. The van der Waals surface area contributed by atoms with Crippen LogP contribution < -0.4 is 0 Å². The van der Waals surface area contributed by atoms with E-state index in [1.807, 2.05) is 12.1 Å². The fourth-order valence-corrected chi connectivity index (χ4v) is 3.63. The third-order valence-electron chi connectivity index (χ3n) is 4.89. The lowest BCUT2D eigenvalue weighted by atomic mass is 10.1. The Morgan fingerprint density at radius 2 is 2.09 bits per heavy atom. The summed E-state index contributed by atoms with van der Waals surface area (Å²) >= 11 is 0. The smallest absolute Gasteiger partial charge is 0.132 e. The highest BCUT2D eigenvalue weighted by Crippen LogP contribution is 2.27. The van der Waals surface area contributed by atoms with E-state index in [1.54, 1.807) is 6.26 Å². The minimum absolute atomic E-state index is 0.472. The molecule has 1 aromatic heterocycles. The van der Waals surface area contributed by atoms with Gasteiger partial charge in [-0.25, -0.2) is 0 Å². The number of aliphatic hydroxyl groups excluding tert-OH is 1. The van der Waals surface area contributed by atoms with Crippen LogP contribution in [0.25, 0.3) is 0 Å². The molecule has 3 heterocycles. The quantitative estimate of drug-likeness (QED) is 0.833. The molecule has 2 atom stereocenters. The summed E-state index contributed by atoms with van der Waals surface area (Å²) in [6, 6.07) is 4.19. The van der Waals surface area contributed by atoms with Crippen LogP contribution in [0.15, 0.2) is 22.8 Å². The van der Waals surface area contributed by atoms with Crippen LogP contribution in [-0.2, 0) is 4.74 Å². The Kier molecular flexibility index (Phi) is 5.89. The molecule has 0 aliphatic carbocycles. The molecule has 5 heteroatoms. The predicted octanol–water partition coefficient (Wildman–Crippen LogP) is 1.89. The highest BCUT2D eigenvalue weighted by molar-refractivity contribution is 5.02. The minimum Gasteiger partial charge on any atom is -0.467 e. The molecule has 3 rings (SSSR count). The van der Waals surface area contributed by atoms with Crippen molar-refractivity contribution in [3.05, 3.63) is 24.2 Å². The number of ether oxygens (including phenoxy) is 1. The van der Waals surface area contributed by atoms with Gasteiger partial charge < -0.3 is 19.2 Å². The van der Waals surface area contributed by atoms with E-state index in [2.05, 4.69) is 9.80 Å². The van der Waals surface area contributed by atoms with Crippen LogP contribution in [0.3, 0.4) is 0 Å². The second-order valence-corrected chi connectivity index (χ2v) is 6.41. The van der Waals surface area contributed by atoms with Gasteiger partial charge in [-0.1, -0.05) is 0 Å². The van der Waals surface area contributed by atoms with Crippen molar-refractivity contribution in [2.24, 2.45) is 0 Å². The first-order valence-electron chi connectivity index (χ1n) is 8.58. The number of hydrogen-bond acceptors (Lipinski definition) is 5. The van der Waals surface area contributed by atoms with Crippen molar-refractivity contribution in [1.29, 1.82) is 0 Å². The fourth-order valence-electron chi connectivity index (χ4n) is 3.63. The lowest BCUT2D eigenvalue weighted by molar-refractivity contribution is 0.0352. The summed E-state index contributed by atoms with van der Waals surface area (Å²) < 4.78 is 10.7.